The van der Waals surface area contributed by atoms with Gasteiger partial charge in [-0.25, -0.2) is 0 Å². The maximum atomic E-state index is 10.2. The molecule has 0 saturated heterocycles. The molecular weight excluding hydrogens is 311 g/mol. The molecule has 0 aromatic heterocycles. The van der Waals surface area contributed by atoms with Crippen LogP contribution in [0, 0.1) is 0 Å². The molecule has 0 radical (unpaired) electrons. The minimum absolute atomic E-state index is 0.0419. The van der Waals surface area contributed by atoms with Crippen molar-refractivity contribution in [1.82, 2.24) is 0 Å². The summed E-state index contributed by atoms with van der Waals surface area (Å²) in [7, 11) is 0. The summed E-state index contributed by atoms with van der Waals surface area (Å²) in [6, 6.07) is 10.4. The van der Waals surface area contributed by atoms with Gasteiger partial charge in [0.2, 0.25) is 0 Å². The van der Waals surface area contributed by atoms with Crippen LogP contribution in [0.15, 0.2) is 36.4 Å². The van der Waals surface area contributed by atoms with Gasteiger partial charge in [0.05, 0.1) is 0 Å². The lowest BCUT2D eigenvalue weighted by molar-refractivity contribution is 0.381. The summed E-state index contributed by atoms with van der Waals surface area (Å²) in [5.41, 5.74) is 1.41. The molecule has 0 aliphatic heterocycles. The topological polar surface area (TPSA) is 49.7 Å². The maximum Gasteiger partial charge on any atom is 0.169 e. The highest BCUT2D eigenvalue weighted by atomic mass is 35.5. The predicted molar refractivity (Wildman–Crippen MR) is 85.1 cm³/mol. The van der Waals surface area contributed by atoms with Gasteiger partial charge in [0.15, 0.2) is 23.0 Å². The zero-order valence-electron chi connectivity index (χ0n) is 11.4. The molecule has 0 aliphatic rings. The first-order chi connectivity index (χ1) is 10.2. The van der Waals surface area contributed by atoms with Crippen LogP contribution in [0.5, 0.6) is 23.0 Å². The fourth-order valence-corrected chi connectivity index (χ4v) is 2.43. The summed E-state index contributed by atoms with van der Waals surface area (Å²) in [6.45, 7) is 0. The number of halogens is 2. The van der Waals surface area contributed by atoms with Gasteiger partial charge in [-0.15, -0.1) is 23.2 Å². The Balaban J connectivity index is 2.30. The van der Waals surface area contributed by atoms with E-state index in [0.29, 0.717) is 35.7 Å². The lowest BCUT2D eigenvalue weighted by atomic mass is 10.1. The van der Waals surface area contributed by atoms with Crippen molar-refractivity contribution >= 4 is 23.2 Å². The fourth-order valence-electron chi connectivity index (χ4n) is 2.03. The molecule has 0 saturated carbocycles. The van der Waals surface area contributed by atoms with Crippen LogP contribution in [0.3, 0.4) is 0 Å². The van der Waals surface area contributed by atoms with Gasteiger partial charge in [-0.1, -0.05) is 24.3 Å². The number of ether oxygens (including phenoxy) is 1. The van der Waals surface area contributed by atoms with Crippen LogP contribution in [0.2, 0.25) is 0 Å². The fraction of sp³-hybridized carbons (Fsp3) is 0.250. The lowest BCUT2D eigenvalue weighted by Gasteiger charge is -2.13. The Labute approximate surface area is 133 Å². The number of hydrogen-bond donors (Lipinski definition) is 2. The molecule has 2 aromatic rings. The SMILES string of the molecule is Oc1c(CCCl)cccc1Oc1cccc(CCCl)c1O. The van der Waals surface area contributed by atoms with Crippen molar-refractivity contribution < 1.29 is 14.9 Å². The second-order valence-electron chi connectivity index (χ2n) is 4.51. The molecule has 2 N–H and O–H groups in total. The van der Waals surface area contributed by atoms with Gasteiger partial charge in [0.25, 0.3) is 0 Å². The molecule has 2 aromatic carbocycles. The second-order valence-corrected chi connectivity index (χ2v) is 5.26. The quantitative estimate of drug-likeness (QED) is 0.771. The number of phenols is 2. The molecule has 21 heavy (non-hydrogen) atoms. The van der Waals surface area contributed by atoms with Gasteiger partial charge in [0, 0.05) is 11.8 Å². The van der Waals surface area contributed by atoms with Crippen molar-refractivity contribution in [2.45, 2.75) is 12.8 Å². The number of rotatable bonds is 6. The summed E-state index contributed by atoms with van der Waals surface area (Å²) in [6.07, 6.45) is 1.09. The molecule has 0 atom stereocenters. The number of phenolic OH excluding ortho intramolecular Hbond substituents is 2. The van der Waals surface area contributed by atoms with Crippen molar-refractivity contribution in [2.75, 3.05) is 11.8 Å². The Hall–Kier alpha value is -1.58. The first-order valence-corrected chi connectivity index (χ1v) is 7.65. The number of para-hydroxylation sites is 2. The van der Waals surface area contributed by atoms with Crippen molar-refractivity contribution in [3.8, 4) is 23.0 Å². The monoisotopic (exact) mass is 326 g/mol. The molecule has 0 fully saturated rings. The Bertz CT molecular complexity index is 561. The average Bonchev–Trinajstić information content (AvgIpc) is 2.48. The first kappa shape index (κ1) is 15.8. The summed E-state index contributed by atoms with van der Waals surface area (Å²) in [4.78, 5) is 0. The molecule has 0 spiro atoms. The van der Waals surface area contributed by atoms with Gasteiger partial charge in [-0.05, 0) is 36.1 Å². The molecular formula is C16H16Cl2O3. The predicted octanol–water partition coefficient (Wildman–Crippen LogP) is 4.45. The first-order valence-electron chi connectivity index (χ1n) is 6.59. The van der Waals surface area contributed by atoms with Crippen LogP contribution in [0.1, 0.15) is 11.1 Å². The van der Waals surface area contributed by atoms with Crippen molar-refractivity contribution in [3.63, 3.8) is 0 Å². The molecule has 2 rings (SSSR count). The Morgan fingerprint density at radius 2 is 1.19 bits per heavy atom. The highest BCUT2D eigenvalue weighted by molar-refractivity contribution is 6.18. The van der Waals surface area contributed by atoms with Gasteiger partial charge in [0.1, 0.15) is 0 Å². The van der Waals surface area contributed by atoms with Crippen LogP contribution in [0.4, 0.5) is 0 Å². The lowest BCUT2D eigenvalue weighted by Crippen LogP contribution is -1.93. The normalized spacial score (nSPS) is 10.6. The largest absolute Gasteiger partial charge is 0.504 e. The Kier molecular flexibility index (Phi) is 5.59. The van der Waals surface area contributed by atoms with E-state index in [2.05, 4.69) is 0 Å². The van der Waals surface area contributed by atoms with E-state index < -0.39 is 0 Å². The molecule has 112 valence electrons. The van der Waals surface area contributed by atoms with Crippen LogP contribution >= 0.6 is 23.2 Å². The Morgan fingerprint density at radius 3 is 1.57 bits per heavy atom. The Morgan fingerprint density at radius 1 is 0.762 bits per heavy atom. The summed E-state index contributed by atoms with van der Waals surface area (Å²) >= 11 is 11.4. The third kappa shape index (κ3) is 3.74. The molecule has 5 heteroatoms. The number of aromatic hydroxyl groups is 2. The van der Waals surface area contributed by atoms with Crippen LogP contribution < -0.4 is 4.74 Å². The van der Waals surface area contributed by atoms with Crippen LogP contribution in [-0.2, 0) is 12.8 Å². The standard InChI is InChI=1S/C16H16Cl2O3/c17-9-7-11-3-1-5-13(15(11)19)21-14-6-2-4-12(8-10-18)16(14)20/h1-6,19-20H,7-10H2. The number of hydrogen-bond acceptors (Lipinski definition) is 3. The zero-order valence-corrected chi connectivity index (χ0v) is 12.9. The van der Waals surface area contributed by atoms with E-state index in [1.807, 2.05) is 0 Å². The van der Waals surface area contributed by atoms with Crippen molar-refractivity contribution in [1.29, 1.82) is 0 Å². The highest BCUT2D eigenvalue weighted by Crippen LogP contribution is 2.38. The van der Waals surface area contributed by atoms with Crippen LogP contribution in [0.25, 0.3) is 0 Å². The van der Waals surface area contributed by atoms with E-state index in [0.717, 1.165) is 0 Å². The molecule has 0 amide bonds. The minimum Gasteiger partial charge on any atom is -0.504 e. The number of aryl methyl sites for hydroxylation is 2. The smallest absolute Gasteiger partial charge is 0.169 e. The number of alkyl halides is 2. The van der Waals surface area contributed by atoms with E-state index in [4.69, 9.17) is 27.9 Å². The highest BCUT2D eigenvalue weighted by Gasteiger charge is 2.13. The molecule has 0 unspecified atom stereocenters. The van der Waals surface area contributed by atoms with E-state index in [1.54, 1.807) is 36.4 Å². The van der Waals surface area contributed by atoms with Crippen molar-refractivity contribution in [2.24, 2.45) is 0 Å². The van der Waals surface area contributed by atoms with Crippen LogP contribution in [-0.4, -0.2) is 22.0 Å². The third-order valence-electron chi connectivity index (χ3n) is 3.11. The van der Waals surface area contributed by atoms with Gasteiger partial charge in [-0.2, -0.15) is 0 Å². The molecule has 0 bridgehead atoms. The van der Waals surface area contributed by atoms with E-state index in [1.165, 1.54) is 0 Å². The van der Waals surface area contributed by atoms with Gasteiger partial charge < -0.3 is 14.9 Å². The average molecular weight is 327 g/mol. The van der Waals surface area contributed by atoms with Gasteiger partial charge >= 0.3 is 0 Å². The van der Waals surface area contributed by atoms with Crippen molar-refractivity contribution in [3.05, 3.63) is 47.5 Å². The summed E-state index contributed by atoms with van der Waals surface area (Å²) in [5.74, 6) is 1.48. The summed E-state index contributed by atoms with van der Waals surface area (Å²) in [5, 5.41) is 20.3. The molecule has 0 aliphatic carbocycles. The third-order valence-corrected chi connectivity index (χ3v) is 3.49. The summed E-state index contributed by atoms with van der Waals surface area (Å²) < 4.78 is 5.63. The molecule has 0 heterocycles. The van der Waals surface area contributed by atoms with E-state index >= 15 is 0 Å². The maximum absolute atomic E-state index is 10.2. The van der Waals surface area contributed by atoms with E-state index in [-0.39, 0.29) is 23.0 Å². The van der Waals surface area contributed by atoms with E-state index in [9.17, 15) is 10.2 Å². The minimum atomic E-state index is 0.0419. The number of benzene rings is 2. The van der Waals surface area contributed by atoms with Gasteiger partial charge in [-0.3, -0.25) is 0 Å². The molecule has 3 nitrogen and oxygen atoms in total. The second kappa shape index (κ2) is 7.43. The zero-order chi connectivity index (χ0) is 15.2.